The summed E-state index contributed by atoms with van der Waals surface area (Å²) in [5, 5.41) is 8.35. The number of nitrogens with zero attached hydrogens (tertiary/aromatic N) is 2. The first kappa shape index (κ1) is 12.8. The van der Waals surface area contributed by atoms with Gasteiger partial charge in [-0.1, -0.05) is 13.8 Å². The summed E-state index contributed by atoms with van der Waals surface area (Å²) in [5.41, 5.74) is 0.944. The summed E-state index contributed by atoms with van der Waals surface area (Å²) in [7, 11) is 0. The van der Waals surface area contributed by atoms with E-state index in [-0.39, 0.29) is 0 Å². The molecule has 2 heterocycles. The van der Waals surface area contributed by atoms with Gasteiger partial charge in [0.25, 0.3) is 10.7 Å². The van der Waals surface area contributed by atoms with Crippen LogP contribution in [0.25, 0.3) is 10.8 Å². The van der Waals surface area contributed by atoms with Crippen LogP contribution < -0.4 is 0 Å². The molecule has 0 amide bonds. The van der Waals surface area contributed by atoms with E-state index in [1.54, 1.807) is 11.3 Å². The highest BCUT2D eigenvalue weighted by Gasteiger charge is 2.14. The van der Waals surface area contributed by atoms with E-state index < -0.39 is 0 Å². The standard InChI is InChI=1S/C10H13N3OS3/c1-5(2)16-4-7-11-6(3)8(17-7)9-12-13-10(15)14-9/h5H,4H2,1-3H3,(H,13,15). The zero-order valence-corrected chi connectivity index (χ0v) is 12.3. The number of aromatic nitrogens is 3. The van der Waals surface area contributed by atoms with Crippen LogP contribution in [-0.4, -0.2) is 20.4 Å². The van der Waals surface area contributed by atoms with E-state index in [4.69, 9.17) is 16.6 Å². The summed E-state index contributed by atoms with van der Waals surface area (Å²) in [4.78, 5) is 5.77. The van der Waals surface area contributed by atoms with Gasteiger partial charge in [0.1, 0.15) is 9.88 Å². The summed E-state index contributed by atoms with van der Waals surface area (Å²) in [6.07, 6.45) is 0. The Labute approximate surface area is 113 Å². The number of hydrogen-bond acceptors (Lipinski definition) is 6. The molecule has 0 aliphatic carbocycles. The second-order valence-electron chi connectivity index (χ2n) is 3.80. The van der Waals surface area contributed by atoms with Gasteiger partial charge in [-0.3, -0.25) is 0 Å². The third kappa shape index (κ3) is 3.17. The quantitative estimate of drug-likeness (QED) is 0.867. The minimum absolute atomic E-state index is 0.297. The third-order valence-electron chi connectivity index (χ3n) is 2.01. The van der Waals surface area contributed by atoms with Crippen LogP contribution in [0, 0.1) is 11.8 Å². The van der Waals surface area contributed by atoms with E-state index in [9.17, 15) is 0 Å². The Morgan fingerprint density at radius 3 is 2.88 bits per heavy atom. The number of rotatable bonds is 4. The fourth-order valence-electron chi connectivity index (χ4n) is 1.28. The topological polar surface area (TPSA) is 54.7 Å². The van der Waals surface area contributed by atoms with Gasteiger partial charge in [-0.15, -0.1) is 16.4 Å². The first-order chi connectivity index (χ1) is 8.06. The molecule has 1 N–H and O–H groups in total. The van der Waals surface area contributed by atoms with Crippen molar-refractivity contribution in [2.75, 3.05) is 0 Å². The zero-order valence-electron chi connectivity index (χ0n) is 9.81. The van der Waals surface area contributed by atoms with Crippen molar-refractivity contribution < 1.29 is 4.42 Å². The molecule has 0 fully saturated rings. The van der Waals surface area contributed by atoms with Crippen LogP contribution in [0.4, 0.5) is 0 Å². The normalized spacial score (nSPS) is 11.3. The van der Waals surface area contributed by atoms with Crippen LogP contribution in [0.1, 0.15) is 24.5 Å². The molecule has 0 radical (unpaired) electrons. The molecule has 17 heavy (non-hydrogen) atoms. The lowest BCUT2D eigenvalue weighted by atomic mass is 10.4. The Morgan fingerprint density at radius 1 is 1.53 bits per heavy atom. The largest absolute Gasteiger partial charge is 0.408 e. The highest BCUT2D eigenvalue weighted by Crippen LogP contribution is 2.31. The van der Waals surface area contributed by atoms with Crippen LogP contribution in [0.2, 0.25) is 0 Å². The first-order valence-electron chi connectivity index (χ1n) is 5.20. The van der Waals surface area contributed by atoms with Gasteiger partial charge >= 0.3 is 0 Å². The molecule has 0 aromatic carbocycles. The van der Waals surface area contributed by atoms with Gasteiger partial charge in [0.05, 0.1) is 5.69 Å². The Kier molecular flexibility index (Phi) is 4.01. The third-order valence-corrected chi connectivity index (χ3v) is 4.62. The Hall–Kier alpha value is -0.660. The van der Waals surface area contributed by atoms with Gasteiger partial charge < -0.3 is 4.42 Å². The van der Waals surface area contributed by atoms with Crippen molar-refractivity contribution in [1.82, 2.24) is 15.2 Å². The molecule has 2 aromatic rings. The van der Waals surface area contributed by atoms with Crippen LogP contribution in [0.3, 0.4) is 0 Å². The fraction of sp³-hybridized carbons (Fsp3) is 0.500. The van der Waals surface area contributed by atoms with Crippen molar-refractivity contribution in [2.45, 2.75) is 31.8 Å². The van der Waals surface area contributed by atoms with Crippen LogP contribution >= 0.6 is 35.3 Å². The molecule has 4 nitrogen and oxygen atoms in total. The van der Waals surface area contributed by atoms with Crippen molar-refractivity contribution in [3.05, 3.63) is 15.5 Å². The average molecular weight is 287 g/mol. The minimum atomic E-state index is 0.297. The van der Waals surface area contributed by atoms with Crippen LogP contribution in [0.15, 0.2) is 4.42 Å². The number of thiazole rings is 1. The van der Waals surface area contributed by atoms with Gasteiger partial charge in [-0.05, 0) is 24.4 Å². The number of thioether (sulfide) groups is 1. The Morgan fingerprint density at radius 2 is 2.29 bits per heavy atom. The first-order valence-corrected chi connectivity index (χ1v) is 7.47. The smallest absolute Gasteiger partial charge is 0.284 e. The molecule has 0 saturated carbocycles. The molecule has 0 bridgehead atoms. The summed E-state index contributed by atoms with van der Waals surface area (Å²) >= 11 is 8.35. The average Bonchev–Trinajstić information content (AvgIpc) is 2.82. The monoisotopic (exact) mass is 287 g/mol. The summed E-state index contributed by atoms with van der Waals surface area (Å²) < 4.78 is 5.30. The molecule has 2 rings (SSSR count). The van der Waals surface area contributed by atoms with E-state index in [0.717, 1.165) is 21.3 Å². The molecule has 0 atom stereocenters. The maximum Gasteiger partial charge on any atom is 0.284 e. The van der Waals surface area contributed by atoms with Gasteiger partial charge in [-0.2, -0.15) is 11.8 Å². The second kappa shape index (κ2) is 5.32. The maximum atomic E-state index is 5.30. The van der Waals surface area contributed by atoms with Crippen molar-refractivity contribution >= 4 is 35.3 Å². The summed E-state index contributed by atoms with van der Waals surface area (Å²) in [6.45, 7) is 6.32. The predicted molar refractivity (Wildman–Crippen MR) is 74.0 cm³/mol. The van der Waals surface area contributed by atoms with Gasteiger partial charge in [0, 0.05) is 5.75 Å². The molecular formula is C10H13N3OS3. The summed E-state index contributed by atoms with van der Waals surface area (Å²) in [5.74, 6) is 1.46. The van der Waals surface area contributed by atoms with Gasteiger partial charge in [0.15, 0.2) is 0 Å². The van der Waals surface area contributed by atoms with E-state index in [1.165, 1.54) is 0 Å². The predicted octanol–water partition coefficient (Wildman–Crippen LogP) is 3.81. The number of hydrogen-bond donors (Lipinski definition) is 1. The molecule has 0 aliphatic rings. The van der Waals surface area contributed by atoms with E-state index in [1.807, 2.05) is 18.7 Å². The highest BCUT2D eigenvalue weighted by molar-refractivity contribution is 7.99. The lowest BCUT2D eigenvalue weighted by Crippen LogP contribution is -1.88. The minimum Gasteiger partial charge on any atom is -0.408 e. The van der Waals surface area contributed by atoms with Crippen LogP contribution in [0.5, 0.6) is 0 Å². The van der Waals surface area contributed by atoms with Gasteiger partial charge in [-0.25, -0.2) is 10.1 Å². The molecular weight excluding hydrogens is 274 g/mol. The highest BCUT2D eigenvalue weighted by atomic mass is 32.2. The zero-order chi connectivity index (χ0) is 12.4. The molecule has 92 valence electrons. The number of H-pyrrole nitrogens is 1. The lowest BCUT2D eigenvalue weighted by molar-refractivity contribution is 0.553. The molecule has 7 heteroatoms. The number of aryl methyl sites for hydroxylation is 1. The van der Waals surface area contributed by atoms with Crippen molar-refractivity contribution in [3.8, 4) is 10.8 Å². The second-order valence-corrected chi connectivity index (χ2v) is 6.82. The molecule has 0 saturated heterocycles. The SMILES string of the molecule is Cc1nc(CSC(C)C)sc1-c1n[nH]c(=S)o1. The van der Waals surface area contributed by atoms with Gasteiger partial charge in [0.2, 0.25) is 0 Å². The van der Waals surface area contributed by atoms with Crippen LogP contribution in [-0.2, 0) is 5.75 Å². The van der Waals surface area contributed by atoms with Crippen molar-refractivity contribution in [3.63, 3.8) is 0 Å². The van der Waals surface area contributed by atoms with E-state index >= 15 is 0 Å². The maximum absolute atomic E-state index is 5.30. The summed E-state index contributed by atoms with van der Waals surface area (Å²) in [6, 6.07) is 0. The number of aromatic amines is 1. The van der Waals surface area contributed by atoms with E-state index in [0.29, 0.717) is 16.0 Å². The Bertz CT molecular complexity index is 555. The fourth-order valence-corrected chi connectivity index (χ4v) is 3.17. The molecule has 0 unspecified atom stereocenters. The Balaban J connectivity index is 2.22. The van der Waals surface area contributed by atoms with E-state index in [2.05, 4.69) is 29.0 Å². The lowest BCUT2D eigenvalue weighted by Gasteiger charge is -2.00. The molecule has 0 spiro atoms. The van der Waals surface area contributed by atoms with Crippen molar-refractivity contribution in [2.24, 2.45) is 0 Å². The molecule has 2 aromatic heterocycles. The molecule has 0 aliphatic heterocycles. The number of nitrogens with one attached hydrogen (secondary N) is 1. The van der Waals surface area contributed by atoms with Crippen molar-refractivity contribution in [1.29, 1.82) is 0 Å².